The van der Waals surface area contributed by atoms with Crippen molar-refractivity contribution in [3.05, 3.63) is 35.9 Å². The maximum atomic E-state index is 10.1. The third kappa shape index (κ3) is 2.64. The minimum Gasteiger partial charge on any atom is -0.393 e. The van der Waals surface area contributed by atoms with Crippen LogP contribution in [0.25, 0.3) is 0 Å². The van der Waals surface area contributed by atoms with E-state index in [2.05, 4.69) is 49.1 Å². The third-order valence-electron chi connectivity index (χ3n) is 5.74. The molecule has 0 aromatic heterocycles. The number of benzene rings is 1. The van der Waals surface area contributed by atoms with E-state index in [4.69, 9.17) is 0 Å². The lowest BCUT2D eigenvalue weighted by molar-refractivity contribution is -0.0784. The monoisotopic (exact) mass is 273 g/mol. The number of aliphatic hydroxyl groups excluding tert-OH is 1. The highest BCUT2D eigenvalue weighted by atomic mass is 16.3. The summed E-state index contributed by atoms with van der Waals surface area (Å²) in [5.74, 6) is 1.16. The molecule has 0 amide bonds. The Hall–Kier alpha value is -0.860. The first kappa shape index (κ1) is 14.1. The summed E-state index contributed by atoms with van der Waals surface area (Å²) >= 11 is 0. The van der Waals surface area contributed by atoms with Crippen molar-refractivity contribution >= 4 is 0 Å². The lowest BCUT2D eigenvalue weighted by atomic mass is 9.59. The lowest BCUT2D eigenvalue weighted by Crippen LogP contribution is -2.53. The smallest absolute Gasteiger partial charge is 0.0568 e. The average molecular weight is 273 g/mol. The van der Waals surface area contributed by atoms with Gasteiger partial charge in [-0.15, -0.1) is 0 Å². The Kier molecular flexibility index (Phi) is 3.87. The quantitative estimate of drug-likeness (QED) is 0.893. The topological polar surface area (TPSA) is 23.5 Å². The van der Waals surface area contributed by atoms with Gasteiger partial charge in [-0.25, -0.2) is 0 Å². The Balaban J connectivity index is 1.68. The molecule has 1 aromatic carbocycles. The zero-order valence-corrected chi connectivity index (χ0v) is 12.8. The van der Waals surface area contributed by atoms with Gasteiger partial charge in [0.05, 0.1) is 6.10 Å². The Bertz CT molecular complexity index is 446. The number of likely N-dealkylation sites (tertiary alicyclic amines) is 1. The minimum absolute atomic E-state index is 0.0752. The van der Waals surface area contributed by atoms with Gasteiger partial charge in [-0.05, 0) is 48.6 Å². The van der Waals surface area contributed by atoms with E-state index in [9.17, 15) is 5.11 Å². The highest BCUT2D eigenvalue weighted by Crippen LogP contribution is 2.48. The number of hydrogen-bond acceptors (Lipinski definition) is 2. The molecule has 1 N–H and O–H groups in total. The van der Waals surface area contributed by atoms with Crippen LogP contribution in [-0.2, 0) is 6.54 Å². The Morgan fingerprint density at radius 1 is 1.25 bits per heavy atom. The summed E-state index contributed by atoms with van der Waals surface area (Å²) in [7, 11) is 0. The van der Waals surface area contributed by atoms with E-state index < -0.39 is 0 Å². The van der Waals surface area contributed by atoms with Crippen molar-refractivity contribution < 1.29 is 5.11 Å². The normalized spacial score (nSPS) is 38.5. The predicted octanol–water partition coefficient (Wildman–Crippen LogP) is 3.31. The molecule has 2 aliphatic rings. The van der Waals surface area contributed by atoms with Gasteiger partial charge >= 0.3 is 0 Å². The van der Waals surface area contributed by atoms with Crippen molar-refractivity contribution in [3.8, 4) is 0 Å². The molecule has 0 bridgehead atoms. The Morgan fingerprint density at radius 3 is 2.75 bits per heavy atom. The number of nitrogens with zero attached hydrogens (tertiary/aromatic N) is 1. The van der Waals surface area contributed by atoms with Crippen molar-refractivity contribution in [2.75, 3.05) is 13.1 Å². The first-order chi connectivity index (χ1) is 9.58. The summed E-state index contributed by atoms with van der Waals surface area (Å²) in [4.78, 5) is 2.61. The van der Waals surface area contributed by atoms with E-state index in [0.29, 0.717) is 17.3 Å². The van der Waals surface area contributed by atoms with E-state index in [1.165, 1.54) is 31.5 Å². The van der Waals surface area contributed by atoms with Gasteiger partial charge in [-0.1, -0.05) is 44.2 Å². The summed E-state index contributed by atoms with van der Waals surface area (Å²) in [6, 6.07) is 10.8. The van der Waals surface area contributed by atoms with Crippen molar-refractivity contribution in [2.45, 2.75) is 45.8 Å². The molecule has 2 fully saturated rings. The van der Waals surface area contributed by atoms with E-state index in [-0.39, 0.29) is 6.10 Å². The van der Waals surface area contributed by atoms with Crippen LogP contribution in [0.5, 0.6) is 0 Å². The summed E-state index contributed by atoms with van der Waals surface area (Å²) in [5.41, 5.74) is 1.81. The molecule has 1 heterocycles. The molecule has 0 spiro atoms. The molecular weight excluding hydrogens is 246 g/mol. The summed E-state index contributed by atoms with van der Waals surface area (Å²) in [6.07, 6.45) is 3.32. The molecule has 1 aliphatic heterocycles. The van der Waals surface area contributed by atoms with E-state index in [1.54, 1.807) is 0 Å². The fourth-order valence-electron chi connectivity index (χ4n) is 4.52. The van der Waals surface area contributed by atoms with Crippen molar-refractivity contribution in [1.82, 2.24) is 4.90 Å². The maximum Gasteiger partial charge on any atom is 0.0568 e. The number of piperidine rings is 1. The molecule has 1 aliphatic carbocycles. The Morgan fingerprint density at radius 2 is 2.00 bits per heavy atom. The van der Waals surface area contributed by atoms with Gasteiger partial charge in [0.1, 0.15) is 0 Å². The van der Waals surface area contributed by atoms with Crippen molar-refractivity contribution in [2.24, 2.45) is 17.3 Å². The number of hydrogen-bond donors (Lipinski definition) is 1. The van der Waals surface area contributed by atoms with Crippen LogP contribution in [0.3, 0.4) is 0 Å². The van der Waals surface area contributed by atoms with Crippen molar-refractivity contribution in [3.63, 3.8) is 0 Å². The van der Waals surface area contributed by atoms with Gasteiger partial charge < -0.3 is 5.11 Å². The number of fused-ring (bicyclic) bond motifs is 1. The number of rotatable bonds is 2. The molecule has 20 heavy (non-hydrogen) atoms. The van der Waals surface area contributed by atoms with Crippen LogP contribution >= 0.6 is 0 Å². The van der Waals surface area contributed by atoms with Crippen molar-refractivity contribution in [1.29, 1.82) is 0 Å². The molecule has 2 nitrogen and oxygen atoms in total. The zero-order chi connectivity index (χ0) is 14.2. The largest absolute Gasteiger partial charge is 0.393 e. The summed E-state index contributed by atoms with van der Waals surface area (Å²) < 4.78 is 0. The van der Waals surface area contributed by atoms with Crippen LogP contribution in [0.4, 0.5) is 0 Å². The van der Waals surface area contributed by atoms with Gasteiger partial charge in [-0.3, -0.25) is 4.90 Å². The second kappa shape index (κ2) is 5.50. The van der Waals surface area contributed by atoms with Gasteiger partial charge in [0, 0.05) is 13.1 Å². The molecule has 4 atom stereocenters. The fourth-order valence-corrected chi connectivity index (χ4v) is 4.52. The molecule has 0 radical (unpaired) electrons. The van der Waals surface area contributed by atoms with Crippen LogP contribution in [0.2, 0.25) is 0 Å². The molecule has 0 unspecified atom stereocenters. The molecule has 1 saturated carbocycles. The molecule has 110 valence electrons. The van der Waals surface area contributed by atoms with Gasteiger partial charge in [-0.2, -0.15) is 0 Å². The predicted molar refractivity (Wildman–Crippen MR) is 82.3 cm³/mol. The summed E-state index contributed by atoms with van der Waals surface area (Å²) in [5, 5.41) is 10.1. The van der Waals surface area contributed by atoms with E-state index in [1.807, 2.05) is 0 Å². The molecule has 2 heteroatoms. The van der Waals surface area contributed by atoms with Crippen LogP contribution in [0.1, 0.15) is 38.7 Å². The van der Waals surface area contributed by atoms with Crippen LogP contribution in [-0.4, -0.2) is 29.2 Å². The lowest BCUT2D eigenvalue weighted by Gasteiger charge is -2.53. The second-order valence-electron chi connectivity index (χ2n) is 7.21. The molecule has 3 rings (SSSR count). The molecular formula is C18H27NO. The molecule has 1 saturated heterocycles. The fraction of sp³-hybridized carbons (Fsp3) is 0.667. The van der Waals surface area contributed by atoms with E-state index >= 15 is 0 Å². The number of aliphatic hydroxyl groups is 1. The Labute approximate surface area is 122 Å². The first-order valence-corrected chi connectivity index (χ1v) is 8.03. The van der Waals surface area contributed by atoms with Gasteiger partial charge in [0.2, 0.25) is 0 Å². The minimum atomic E-state index is -0.0752. The standard InChI is InChI=1S/C18H27NO/c1-14-16-9-11-19(12-15-6-4-3-5-7-15)13-18(16,2)10-8-17(14)20/h3-7,14,16-17,20H,8-13H2,1-2H3/t14-,16-,17-,18+/m0/s1. The van der Waals surface area contributed by atoms with Crippen LogP contribution in [0, 0.1) is 17.3 Å². The van der Waals surface area contributed by atoms with E-state index in [0.717, 1.165) is 13.0 Å². The molecule has 1 aromatic rings. The third-order valence-corrected chi connectivity index (χ3v) is 5.74. The van der Waals surface area contributed by atoms with Gasteiger partial charge in [0.15, 0.2) is 0 Å². The average Bonchev–Trinajstić information content (AvgIpc) is 2.44. The maximum absolute atomic E-state index is 10.1. The van der Waals surface area contributed by atoms with Crippen LogP contribution in [0.15, 0.2) is 30.3 Å². The zero-order valence-electron chi connectivity index (χ0n) is 12.8. The highest BCUT2D eigenvalue weighted by molar-refractivity contribution is 5.14. The van der Waals surface area contributed by atoms with Crippen LogP contribution < -0.4 is 0 Å². The SMILES string of the molecule is C[C@@H]1[C@@H](O)CC[C@]2(C)CN(Cc3ccccc3)CC[C@@H]12. The van der Waals surface area contributed by atoms with Gasteiger partial charge in [0.25, 0.3) is 0 Å². The second-order valence-corrected chi connectivity index (χ2v) is 7.21. The highest BCUT2D eigenvalue weighted by Gasteiger charge is 2.46. The first-order valence-electron chi connectivity index (χ1n) is 8.03. The summed E-state index contributed by atoms with van der Waals surface area (Å²) in [6.45, 7) is 8.12.